The Morgan fingerprint density at radius 3 is 2.12 bits per heavy atom. The number of carbonyl (C=O) groups excluding carboxylic acids is 1. The van der Waals surface area contributed by atoms with E-state index < -0.39 is 38.6 Å². The number of carboxylic acid groups (broad SMARTS) is 1. The molecule has 1 aliphatic rings. The summed E-state index contributed by atoms with van der Waals surface area (Å²) in [5, 5.41) is 23.9. The van der Waals surface area contributed by atoms with Crippen molar-refractivity contribution in [1.82, 2.24) is 5.32 Å². The molecule has 0 bridgehead atoms. The first-order chi connectivity index (χ1) is 15.1. The highest BCUT2D eigenvalue weighted by molar-refractivity contribution is 6.99. The SMILES string of the molecule is CC(C(O)(NC(=O)OCc1cccc2c1Cc1ccccc1-2)C(=O)O)([Si](C)(C)C)[Si](C)(C)C. The van der Waals surface area contributed by atoms with Crippen molar-refractivity contribution >= 4 is 28.2 Å². The van der Waals surface area contributed by atoms with Crippen molar-refractivity contribution in [1.29, 1.82) is 0 Å². The van der Waals surface area contributed by atoms with Gasteiger partial charge in [-0.25, -0.2) is 9.59 Å². The monoisotopic (exact) mass is 485 g/mol. The average Bonchev–Trinajstić information content (AvgIpc) is 3.09. The molecular formula is C25H35NO5Si2. The number of carbonyl (C=O) groups is 2. The minimum absolute atomic E-state index is 0.00466. The van der Waals surface area contributed by atoms with Crippen LogP contribution < -0.4 is 5.32 Å². The number of nitrogens with one attached hydrogen (secondary N) is 1. The molecule has 0 fully saturated rings. The van der Waals surface area contributed by atoms with E-state index in [0.717, 1.165) is 23.1 Å². The van der Waals surface area contributed by atoms with Crippen LogP contribution in [0.4, 0.5) is 4.79 Å². The van der Waals surface area contributed by atoms with Crippen LogP contribution in [0.5, 0.6) is 0 Å². The lowest BCUT2D eigenvalue weighted by Gasteiger charge is -2.55. The summed E-state index contributed by atoms with van der Waals surface area (Å²) in [6.45, 7) is 14.0. The van der Waals surface area contributed by atoms with Gasteiger partial charge < -0.3 is 14.9 Å². The van der Waals surface area contributed by atoms with Gasteiger partial charge in [0.2, 0.25) is 5.72 Å². The largest absolute Gasteiger partial charge is 0.478 e. The predicted octanol–water partition coefficient (Wildman–Crippen LogP) is 5.23. The summed E-state index contributed by atoms with van der Waals surface area (Å²) in [7, 11) is -4.58. The van der Waals surface area contributed by atoms with E-state index in [1.165, 1.54) is 11.1 Å². The molecule has 33 heavy (non-hydrogen) atoms. The zero-order chi connectivity index (χ0) is 24.8. The summed E-state index contributed by atoms with van der Waals surface area (Å²) in [4.78, 5) is 25.2. The molecule has 3 N–H and O–H groups in total. The third-order valence-corrected chi connectivity index (χ3v) is 18.8. The third-order valence-electron chi connectivity index (χ3n) is 7.62. The fraction of sp³-hybridized carbons (Fsp3) is 0.440. The minimum atomic E-state index is -2.42. The Kier molecular flexibility index (Phi) is 6.42. The summed E-state index contributed by atoms with van der Waals surface area (Å²) < 4.78 is 4.51. The molecule has 0 radical (unpaired) electrons. The van der Waals surface area contributed by atoms with Crippen LogP contribution in [0.2, 0.25) is 43.9 Å². The molecule has 2 aromatic carbocycles. The van der Waals surface area contributed by atoms with Gasteiger partial charge in [-0.2, -0.15) is 0 Å². The van der Waals surface area contributed by atoms with Gasteiger partial charge in [-0.3, -0.25) is 5.32 Å². The first-order valence-electron chi connectivity index (χ1n) is 11.2. The van der Waals surface area contributed by atoms with Crippen LogP contribution in [0.25, 0.3) is 11.1 Å². The molecule has 0 aromatic heterocycles. The van der Waals surface area contributed by atoms with Crippen molar-refractivity contribution in [2.75, 3.05) is 0 Å². The number of alkyl carbamates (subject to hydrolysis) is 1. The van der Waals surface area contributed by atoms with Gasteiger partial charge in [-0.1, -0.05) is 88.7 Å². The Morgan fingerprint density at radius 2 is 1.55 bits per heavy atom. The highest BCUT2D eigenvalue weighted by Gasteiger charge is 2.66. The summed E-state index contributed by atoms with van der Waals surface area (Å²) in [6.07, 6.45) is -0.176. The zero-order valence-electron chi connectivity index (χ0n) is 20.6. The van der Waals surface area contributed by atoms with Gasteiger partial charge in [0.25, 0.3) is 0 Å². The van der Waals surface area contributed by atoms with Gasteiger partial charge in [-0.05, 0) is 34.2 Å². The van der Waals surface area contributed by atoms with Gasteiger partial charge in [0, 0.05) is 4.66 Å². The average molecular weight is 486 g/mol. The van der Waals surface area contributed by atoms with E-state index in [0.29, 0.717) is 0 Å². The van der Waals surface area contributed by atoms with Gasteiger partial charge in [0.15, 0.2) is 0 Å². The van der Waals surface area contributed by atoms with Gasteiger partial charge >= 0.3 is 12.1 Å². The van der Waals surface area contributed by atoms with Crippen molar-refractivity contribution in [2.24, 2.45) is 0 Å². The van der Waals surface area contributed by atoms with E-state index in [1.807, 2.05) is 63.5 Å². The molecule has 1 aliphatic carbocycles. The Hall–Kier alpha value is -2.43. The number of aliphatic carboxylic acids is 1. The molecule has 178 valence electrons. The quantitative estimate of drug-likeness (QED) is 0.314. The highest BCUT2D eigenvalue weighted by Crippen LogP contribution is 2.53. The molecular weight excluding hydrogens is 450 g/mol. The number of benzene rings is 2. The molecule has 0 aliphatic heterocycles. The molecule has 8 heteroatoms. The first kappa shape index (κ1) is 25.2. The molecule has 0 saturated heterocycles. The van der Waals surface area contributed by atoms with Crippen molar-refractivity contribution < 1.29 is 24.5 Å². The molecule has 1 unspecified atom stereocenters. The number of hydrogen-bond acceptors (Lipinski definition) is 4. The lowest BCUT2D eigenvalue weighted by Crippen LogP contribution is -2.73. The second-order valence-electron chi connectivity index (χ2n) is 11.1. The number of rotatable bonds is 7. The second kappa shape index (κ2) is 8.41. The molecule has 1 atom stereocenters. The Bertz CT molecular complexity index is 1070. The number of fused-ring (bicyclic) bond motifs is 3. The van der Waals surface area contributed by atoms with Crippen LogP contribution in [0.15, 0.2) is 42.5 Å². The van der Waals surface area contributed by atoms with Crippen molar-refractivity contribution in [2.45, 2.75) is 69.6 Å². The van der Waals surface area contributed by atoms with E-state index in [-0.39, 0.29) is 6.61 Å². The van der Waals surface area contributed by atoms with Gasteiger partial charge in [-0.15, -0.1) is 0 Å². The van der Waals surface area contributed by atoms with E-state index in [4.69, 9.17) is 4.74 Å². The third kappa shape index (κ3) is 4.15. The Labute approximate surface area is 198 Å². The van der Waals surface area contributed by atoms with Crippen molar-refractivity contribution in [3.05, 3.63) is 59.2 Å². The van der Waals surface area contributed by atoms with E-state index >= 15 is 0 Å². The second-order valence-corrected chi connectivity index (χ2v) is 22.6. The van der Waals surface area contributed by atoms with Crippen molar-refractivity contribution in [3.8, 4) is 11.1 Å². The van der Waals surface area contributed by atoms with Gasteiger partial charge in [0.05, 0.1) is 16.1 Å². The van der Waals surface area contributed by atoms with Crippen LogP contribution in [0, 0.1) is 0 Å². The fourth-order valence-corrected chi connectivity index (χ4v) is 16.8. The topological polar surface area (TPSA) is 95.9 Å². The molecule has 6 nitrogen and oxygen atoms in total. The van der Waals surface area contributed by atoms with Crippen LogP contribution in [-0.4, -0.2) is 44.1 Å². The lowest BCUT2D eigenvalue weighted by atomic mass is 10.0. The van der Waals surface area contributed by atoms with E-state index in [1.54, 1.807) is 6.92 Å². The first-order valence-corrected chi connectivity index (χ1v) is 18.2. The smallest absolute Gasteiger partial charge is 0.410 e. The molecule has 2 aromatic rings. The number of aliphatic hydroxyl groups is 1. The molecule has 0 saturated carbocycles. The summed E-state index contributed by atoms with van der Waals surface area (Å²) in [5.41, 5.74) is 3.09. The van der Waals surface area contributed by atoms with E-state index in [2.05, 4.69) is 23.5 Å². The van der Waals surface area contributed by atoms with Crippen LogP contribution in [0.1, 0.15) is 23.6 Å². The summed E-state index contributed by atoms with van der Waals surface area (Å²) >= 11 is 0. The number of ether oxygens (including phenoxy) is 1. The highest BCUT2D eigenvalue weighted by atomic mass is 28.4. The maximum Gasteiger partial charge on any atom is 0.410 e. The Balaban J connectivity index is 1.84. The zero-order valence-corrected chi connectivity index (χ0v) is 22.6. The van der Waals surface area contributed by atoms with Crippen LogP contribution >= 0.6 is 0 Å². The molecule has 0 heterocycles. The predicted molar refractivity (Wildman–Crippen MR) is 136 cm³/mol. The minimum Gasteiger partial charge on any atom is -0.478 e. The van der Waals surface area contributed by atoms with Crippen LogP contribution in [-0.2, 0) is 22.6 Å². The van der Waals surface area contributed by atoms with E-state index in [9.17, 15) is 19.8 Å². The summed E-state index contributed by atoms with van der Waals surface area (Å²) in [5.74, 6) is -1.46. The molecule has 1 amide bonds. The number of carboxylic acids is 1. The maximum atomic E-state index is 12.8. The fourth-order valence-electron chi connectivity index (χ4n) is 5.29. The number of amides is 1. The standard InChI is InChI=1S/C25H35NO5Si2/c1-24(32(2,3)4,33(5,6)7)25(30,22(27)28)26-23(29)31-16-18-12-10-14-20-19-13-9-8-11-17(19)15-21(18)20/h8-14,30H,15-16H2,1-7H3,(H,26,29)(H,27,28). The molecule has 3 rings (SSSR count). The lowest BCUT2D eigenvalue weighted by molar-refractivity contribution is -0.164. The maximum absolute atomic E-state index is 12.8. The molecule has 0 spiro atoms. The summed E-state index contributed by atoms with van der Waals surface area (Å²) in [6, 6.07) is 14.1. The van der Waals surface area contributed by atoms with Crippen molar-refractivity contribution in [3.63, 3.8) is 0 Å². The van der Waals surface area contributed by atoms with Gasteiger partial charge in [0.1, 0.15) is 6.61 Å². The Morgan fingerprint density at radius 1 is 0.970 bits per heavy atom. The van der Waals surface area contributed by atoms with Crippen LogP contribution in [0.3, 0.4) is 0 Å². The number of hydrogen-bond donors (Lipinski definition) is 3. The normalized spacial score (nSPS) is 15.3.